The average molecular weight is 352 g/mol. The molecule has 1 N–H and O–H groups in total. The van der Waals surface area contributed by atoms with Crippen molar-refractivity contribution in [1.82, 2.24) is 15.2 Å². The number of aromatic amines is 1. The minimum Gasteiger partial charge on any atom is -0.298 e. The number of hydrogen-bond acceptors (Lipinski definition) is 4. The SMILES string of the molecule is O=C1CCCC[C@H]1Sc1n[nH]c(-c2ccccc2Br)n1. The van der Waals surface area contributed by atoms with Crippen LogP contribution in [0, 0.1) is 0 Å². The lowest BCUT2D eigenvalue weighted by atomic mass is 9.99. The maximum atomic E-state index is 11.8. The fourth-order valence-electron chi connectivity index (χ4n) is 2.28. The molecule has 1 saturated carbocycles. The summed E-state index contributed by atoms with van der Waals surface area (Å²) in [4.78, 5) is 16.3. The molecule has 20 heavy (non-hydrogen) atoms. The largest absolute Gasteiger partial charge is 0.298 e. The summed E-state index contributed by atoms with van der Waals surface area (Å²) in [5.41, 5.74) is 0.974. The van der Waals surface area contributed by atoms with E-state index in [0.29, 0.717) is 17.4 Å². The van der Waals surface area contributed by atoms with Crippen molar-refractivity contribution in [2.45, 2.75) is 36.1 Å². The van der Waals surface area contributed by atoms with Crippen LogP contribution < -0.4 is 0 Å². The van der Waals surface area contributed by atoms with Crippen LogP contribution in [0.3, 0.4) is 0 Å². The molecule has 0 amide bonds. The molecule has 0 aliphatic heterocycles. The molecule has 1 fully saturated rings. The first-order chi connectivity index (χ1) is 9.74. The van der Waals surface area contributed by atoms with Gasteiger partial charge in [0.15, 0.2) is 5.82 Å². The number of ketones is 1. The minimum absolute atomic E-state index is 0.0200. The van der Waals surface area contributed by atoms with Gasteiger partial charge in [-0.2, -0.15) is 0 Å². The number of Topliss-reactive ketones (excluding diaryl/α,β-unsaturated/α-hetero) is 1. The molecule has 1 aliphatic carbocycles. The predicted molar refractivity (Wildman–Crippen MR) is 82.6 cm³/mol. The molecule has 1 aromatic carbocycles. The summed E-state index contributed by atoms with van der Waals surface area (Å²) in [7, 11) is 0. The van der Waals surface area contributed by atoms with E-state index in [9.17, 15) is 4.79 Å². The zero-order chi connectivity index (χ0) is 13.9. The number of carbonyl (C=O) groups excluding carboxylic acids is 1. The first kappa shape index (κ1) is 13.8. The quantitative estimate of drug-likeness (QED) is 0.912. The highest BCUT2D eigenvalue weighted by Gasteiger charge is 2.24. The molecule has 3 rings (SSSR count). The van der Waals surface area contributed by atoms with E-state index in [4.69, 9.17) is 0 Å². The highest BCUT2D eigenvalue weighted by atomic mass is 79.9. The van der Waals surface area contributed by atoms with Crippen molar-refractivity contribution >= 4 is 33.5 Å². The van der Waals surface area contributed by atoms with Gasteiger partial charge in [-0.3, -0.25) is 9.89 Å². The van der Waals surface area contributed by atoms with Crippen molar-refractivity contribution in [3.63, 3.8) is 0 Å². The van der Waals surface area contributed by atoms with Gasteiger partial charge in [-0.15, -0.1) is 5.10 Å². The number of benzene rings is 1. The first-order valence-electron chi connectivity index (χ1n) is 6.61. The Morgan fingerprint density at radius 1 is 1.30 bits per heavy atom. The van der Waals surface area contributed by atoms with Crippen LogP contribution in [0.25, 0.3) is 11.4 Å². The Kier molecular flexibility index (Phi) is 4.21. The van der Waals surface area contributed by atoms with E-state index in [1.54, 1.807) is 0 Å². The van der Waals surface area contributed by atoms with Crippen LogP contribution in [-0.2, 0) is 4.79 Å². The number of hydrogen-bond donors (Lipinski definition) is 1. The second-order valence-corrected chi connectivity index (χ2v) is 6.79. The van der Waals surface area contributed by atoms with Crippen molar-refractivity contribution in [3.8, 4) is 11.4 Å². The zero-order valence-corrected chi connectivity index (χ0v) is 13.2. The standard InChI is InChI=1S/C14H14BrN3OS/c15-10-6-2-1-5-9(10)13-16-14(18-17-13)20-12-8-4-3-7-11(12)19/h1-2,5-6,12H,3-4,7-8H2,(H,16,17,18)/t12-/m1/s1. The van der Waals surface area contributed by atoms with Gasteiger partial charge in [0.1, 0.15) is 5.78 Å². The number of carbonyl (C=O) groups is 1. The van der Waals surface area contributed by atoms with Crippen LogP contribution in [-0.4, -0.2) is 26.2 Å². The van der Waals surface area contributed by atoms with Crippen LogP contribution in [0.15, 0.2) is 33.9 Å². The van der Waals surface area contributed by atoms with Gasteiger partial charge in [0.25, 0.3) is 0 Å². The molecule has 0 spiro atoms. The van der Waals surface area contributed by atoms with E-state index in [2.05, 4.69) is 31.1 Å². The van der Waals surface area contributed by atoms with Crippen LogP contribution in [0.2, 0.25) is 0 Å². The van der Waals surface area contributed by atoms with E-state index >= 15 is 0 Å². The molecule has 0 radical (unpaired) electrons. The van der Waals surface area contributed by atoms with Crippen molar-refractivity contribution in [1.29, 1.82) is 0 Å². The lowest BCUT2D eigenvalue weighted by Gasteiger charge is -2.17. The number of rotatable bonds is 3. The maximum Gasteiger partial charge on any atom is 0.209 e. The van der Waals surface area contributed by atoms with Gasteiger partial charge in [0, 0.05) is 16.5 Å². The third-order valence-corrected chi connectivity index (χ3v) is 5.21. The summed E-state index contributed by atoms with van der Waals surface area (Å²) in [5, 5.41) is 7.83. The summed E-state index contributed by atoms with van der Waals surface area (Å²) in [6.07, 6.45) is 3.76. The monoisotopic (exact) mass is 351 g/mol. The van der Waals surface area contributed by atoms with Crippen LogP contribution in [0.4, 0.5) is 0 Å². The molecule has 0 bridgehead atoms. The topological polar surface area (TPSA) is 58.6 Å². The van der Waals surface area contributed by atoms with Gasteiger partial charge >= 0.3 is 0 Å². The number of aromatic nitrogens is 3. The van der Waals surface area contributed by atoms with Crippen LogP contribution in [0.1, 0.15) is 25.7 Å². The molecule has 104 valence electrons. The molecule has 2 aromatic rings. The summed E-state index contributed by atoms with van der Waals surface area (Å²) in [6, 6.07) is 7.86. The Morgan fingerprint density at radius 3 is 2.95 bits per heavy atom. The van der Waals surface area contributed by atoms with E-state index < -0.39 is 0 Å². The summed E-state index contributed by atoms with van der Waals surface area (Å²) in [6.45, 7) is 0. The van der Waals surface area contributed by atoms with Crippen molar-refractivity contribution in [3.05, 3.63) is 28.7 Å². The fraction of sp³-hybridized carbons (Fsp3) is 0.357. The molecule has 4 nitrogen and oxygen atoms in total. The average Bonchev–Trinajstić information content (AvgIpc) is 2.90. The Balaban J connectivity index is 1.77. The third kappa shape index (κ3) is 2.96. The van der Waals surface area contributed by atoms with E-state index in [1.807, 2.05) is 24.3 Å². The highest BCUT2D eigenvalue weighted by Crippen LogP contribution is 2.31. The molecular formula is C14H14BrN3OS. The number of H-pyrrole nitrogens is 1. The second kappa shape index (κ2) is 6.10. The van der Waals surface area contributed by atoms with Gasteiger partial charge in [-0.25, -0.2) is 4.98 Å². The third-order valence-electron chi connectivity index (χ3n) is 3.34. The molecule has 0 saturated heterocycles. The Bertz CT molecular complexity index is 628. The second-order valence-electron chi connectivity index (χ2n) is 4.77. The Hall–Kier alpha value is -1.14. The molecule has 6 heteroatoms. The molecule has 0 unspecified atom stereocenters. The van der Waals surface area contributed by atoms with Crippen LogP contribution >= 0.6 is 27.7 Å². The number of thioether (sulfide) groups is 1. The van der Waals surface area contributed by atoms with E-state index in [0.717, 1.165) is 35.1 Å². The highest BCUT2D eigenvalue weighted by molar-refractivity contribution is 9.10. The molecule has 1 heterocycles. The number of nitrogens with one attached hydrogen (secondary N) is 1. The maximum absolute atomic E-state index is 11.8. The molecule has 1 aliphatic rings. The van der Waals surface area contributed by atoms with Gasteiger partial charge < -0.3 is 0 Å². The summed E-state index contributed by atoms with van der Waals surface area (Å²) in [5.74, 6) is 1.05. The summed E-state index contributed by atoms with van der Waals surface area (Å²) >= 11 is 4.98. The van der Waals surface area contributed by atoms with Gasteiger partial charge in [-0.05, 0) is 18.9 Å². The van der Waals surface area contributed by atoms with Crippen molar-refractivity contribution < 1.29 is 4.79 Å². The molecule has 1 aromatic heterocycles. The van der Waals surface area contributed by atoms with Gasteiger partial charge in [0.2, 0.25) is 5.16 Å². The normalized spacial score (nSPS) is 19.2. The van der Waals surface area contributed by atoms with E-state index in [1.165, 1.54) is 11.8 Å². The zero-order valence-electron chi connectivity index (χ0n) is 10.8. The Labute approximate surface area is 129 Å². The Morgan fingerprint density at radius 2 is 2.15 bits per heavy atom. The van der Waals surface area contributed by atoms with Crippen LogP contribution in [0.5, 0.6) is 0 Å². The predicted octanol–water partition coefficient (Wildman–Crippen LogP) is 3.84. The van der Waals surface area contributed by atoms with E-state index in [-0.39, 0.29) is 5.25 Å². The lowest BCUT2D eigenvalue weighted by Crippen LogP contribution is -2.21. The molecule has 1 atom stereocenters. The lowest BCUT2D eigenvalue weighted by molar-refractivity contribution is -0.119. The minimum atomic E-state index is 0.0200. The number of halogens is 1. The van der Waals surface area contributed by atoms with Crippen molar-refractivity contribution in [2.24, 2.45) is 0 Å². The van der Waals surface area contributed by atoms with Gasteiger partial charge in [0.05, 0.1) is 5.25 Å². The number of nitrogens with zero attached hydrogens (tertiary/aromatic N) is 2. The smallest absolute Gasteiger partial charge is 0.209 e. The fourth-order valence-corrected chi connectivity index (χ4v) is 3.78. The molecular weight excluding hydrogens is 338 g/mol. The van der Waals surface area contributed by atoms with Gasteiger partial charge in [-0.1, -0.05) is 52.3 Å². The summed E-state index contributed by atoms with van der Waals surface area (Å²) < 4.78 is 0.974. The van der Waals surface area contributed by atoms with Crippen molar-refractivity contribution in [2.75, 3.05) is 0 Å². The first-order valence-corrected chi connectivity index (χ1v) is 8.28.